The lowest BCUT2D eigenvalue weighted by Gasteiger charge is -2.31. The fraction of sp³-hybridized carbons (Fsp3) is 0.321. The average molecular weight is 595 g/mol. The number of hydrogen-bond donors (Lipinski definition) is 1. The third-order valence-corrected chi connectivity index (χ3v) is 11.2. The number of sulfonamides is 1. The number of aromatic nitrogens is 4. The van der Waals surface area contributed by atoms with Gasteiger partial charge in [0.25, 0.3) is 10.0 Å². The number of hydrogen-bond acceptors (Lipinski definition) is 9. The summed E-state index contributed by atoms with van der Waals surface area (Å²) in [6.45, 7) is 6.49. The van der Waals surface area contributed by atoms with E-state index in [1.54, 1.807) is 47.3 Å². The molecular formula is C28H30N6O3S3. The normalized spacial score (nSPS) is 15.2. The quantitative estimate of drug-likeness (QED) is 0.230. The molecule has 1 saturated heterocycles. The molecule has 1 aliphatic heterocycles. The minimum atomic E-state index is -3.69. The van der Waals surface area contributed by atoms with Crippen molar-refractivity contribution in [3.8, 4) is 16.7 Å². The molecule has 0 spiro atoms. The van der Waals surface area contributed by atoms with Crippen molar-refractivity contribution in [2.45, 2.75) is 49.6 Å². The zero-order valence-electron chi connectivity index (χ0n) is 22.2. The fourth-order valence-corrected chi connectivity index (χ4v) is 8.72. The SMILES string of the molecule is CC(C)N(c1cccc2cc(-c3ncc(CN4CCC(Oc5ncccn5)CC4)s3)[nH]c12)S(=O)(=O)c1cccs1. The number of aromatic amines is 1. The van der Waals surface area contributed by atoms with Gasteiger partial charge in [-0.3, -0.25) is 9.21 Å². The van der Waals surface area contributed by atoms with Crippen LogP contribution in [0.1, 0.15) is 31.6 Å². The number of thiophene rings is 1. The first kappa shape index (κ1) is 26.9. The van der Waals surface area contributed by atoms with Gasteiger partial charge in [0.2, 0.25) is 0 Å². The average Bonchev–Trinajstić information content (AvgIpc) is 3.72. The lowest BCUT2D eigenvalue weighted by molar-refractivity contribution is 0.0897. The van der Waals surface area contributed by atoms with Gasteiger partial charge in [-0.25, -0.2) is 23.4 Å². The maximum Gasteiger partial charge on any atom is 0.316 e. The molecule has 40 heavy (non-hydrogen) atoms. The van der Waals surface area contributed by atoms with E-state index in [-0.39, 0.29) is 12.1 Å². The van der Waals surface area contributed by atoms with Crippen LogP contribution < -0.4 is 9.04 Å². The summed E-state index contributed by atoms with van der Waals surface area (Å²) in [6, 6.07) is 13.2. The second kappa shape index (κ2) is 11.3. The lowest BCUT2D eigenvalue weighted by Crippen LogP contribution is -2.37. The molecular weight excluding hydrogens is 565 g/mol. The summed E-state index contributed by atoms with van der Waals surface area (Å²) in [4.78, 5) is 20.1. The van der Waals surface area contributed by atoms with Gasteiger partial charge in [-0.15, -0.1) is 22.7 Å². The number of ether oxygens (including phenoxy) is 1. The Hall–Kier alpha value is -3.32. The molecule has 12 heteroatoms. The number of anilines is 1. The zero-order chi connectivity index (χ0) is 27.7. The highest BCUT2D eigenvalue weighted by Crippen LogP contribution is 2.36. The Morgan fingerprint density at radius 1 is 1.10 bits per heavy atom. The Kier molecular flexibility index (Phi) is 7.58. The van der Waals surface area contributed by atoms with Crippen molar-refractivity contribution in [2.24, 2.45) is 0 Å². The van der Waals surface area contributed by atoms with Gasteiger partial charge in [0.1, 0.15) is 15.3 Å². The van der Waals surface area contributed by atoms with E-state index in [9.17, 15) is 8.42 Å². The maximum absolute atomic E-state index is 13.6. The van der Waals surface area contributed by atoms with Gasteiger partial charge in [0.05, 0.1) is 16.9 Å². The summed E-state index contributed by atoms with van der Waals surface area (Å²) in [6.07, 6.45) is 7.31. The van der Waals surface area contributed by atoms with Crippen LogP contribution in [0.3, 0.4) is 0 Å². The van der Waals surface area contributed by atoms with Crippen molar-refractivity contribution in [3.05, 3.63) is 71.3 Å². The third kappa shape index (κ3) is 5.49. The van der Waals surface area contributed by atoms with Crippen LogP contribution in [0, 0.1) is 0 Å². The Labute approximate surface area is 241 Å². The number of rotatable bonds is 9. The Balaban J connectivity index is 1.18. The monoisotopic (exact) mass is 594 g/mol. The van der Waals surface area contributed by atoms with Crippen molar-refractivity contribution in [1.29, 1.82) is 0 Å². The van der Waals surface area contributed by atoms with Crippen molar-refractivity contribution >= 4 is 49.3 Å². The Morgan fingerprint density at radius 3 is 2.62 bits per heavy atom. The molecule has 1 aliphatic rings. The lowest BCUT2D eigenvalue weighted by atomic mass is 10.1. The Morgan fingerprint density at radius 2 is 1.90 bits per heavy atom. The van der Waals surface area contributed by atoms with E-state index in [0.29, 0.717) is 15.9 Å². The van der Waals surface area contributed by atoms with Crippen LogP contribution in [0.2, 0.25) is 0 Å². The van der Waals surface area contributed by atoms with Crippen LogP contribution >= 0.6 is 22.7 Å². The van der Waals surface area contributed by atoms with Gasteiger partial charge in [0, 0.05) is 54.5 Å². The predicted octanol–water partition coefficient (Wildman–Crippen LogP) is 5.79. The standard InChI is InChI=1S/C28H30N6O3S3/c1-19(2)34(40(35,36)25-8-4-15-38-25)24-7-3-6-20-16-23(32-26(20)24)27-31-17-22(39-27)18-33-13-9-21(10-14-33)37-28-29-11-5-12-30-28/h3-8,11-12,15-17,19,21,32H,9-10,13-14,18H2,1-2H3. The van der Waals surface area contributed by atoms with E-state index in [0.717, 1.165) is 54.1 Å². The van der Waals surface area contributed by atoms with Crippen LogP contribution in [0.25, 0.3) is 21.6 Å². The molecule has 0 saturated carbocycles. The number of likely N-dealkylation sites (tertiary alicyclic amines) is 1. The van der Waals surface area contributed by atoms with Crippen LogP contribution in [0.4, 0.5) is 5.69 Å². The molecule has 0 amide bonds. The first-order chi connectivity index (χ1) is 19.4. The molecule has 0 atom stereocenters. The molecule has 1 aromatic carbocycles. The molecule has 0 aliphatic carbocycles. The summed E-state index contributed by atoms with van der Waals surface area (Å²) >= 11 is 2.89. The van der Waals surface area contributed by atoms with Gasteiger partial charge in [-0.05, 0) is 56.3 Å². The van der Waals surface area contributed by atoms with Crippen molar-refractivity contribution in [2.75, 3.05) is 17.4 Å². The third-order valence-electron chi connectivity index (χ3n) is 6.86. The predicted molar refractivity (Wildman–Crippen MR) is 159 cm³/mol. The van der Waals surface area contributed by atoms with E-state index >= 15 is 0 Å². The number of benzene rings is 1. The molecule has 5 aromatic rings. The van der Waals surface area contributed by atoms with Gasteiger partial charge in [-0.1, -0.05) is 18.2 Å². The highest BCUT2D eigenvalue weighted by molar-refractivity contribution is 7.94. The molecule has 1 fully saturated rings. The fourth-order valence-electron chi connectivity index (χ4n) is 5.04. The van der Waals surface area contributed by atoms with Gasteiger partial charge >= 0.3 is 6.01 Å². The number of nitrogens with zero attached hydrogens (tertiary/aromatic N) is 5. The number of para-hydroxylation sites is 1. The van der Waals surface area contributed by atoms with Crippen LogP contribution in [0.15, 0.2) is 70.6 Å². The summed E-state index contributed by atoms with van der Waals surface area (Å²) in [5.41, 5.74) is 2.30. The molecule has 0 bridgehead atoms. The molecule has 5 heterocycles. The topological polar surface area (TPSA) is 104 Å². The molecule has 4 aromatic heterocycles. The summed E-state index contributed by atoms with van der Waals surface area (Å²) < 4.78 is 34.9. The van der Waals surface area contributed by atoms with Crippen LogP contribution in [-0.2, 0) is 16.6 Å². The summed E-state index contributed by atoms with van der Waals surface area (Å²) in [5.74, 6) is 0. The number of thiazole rings is 1. The minimum Gasteiger partial charge on any atom is -0.460 e. The van der Waals surface area contributed by atoms with E-state index in [1.807, 2.05) is 44.3 Å². The smallest absolute Gasteiger partial charge is 0.316 e. The first-order valence-electron chi connectivity index (χ1n) is 13.2. The zero-order valence-corrected chi connectivity index (χ0v) is 24.7. The molecule has 1 N–H and O–H groups in total. The van der Waals surface area contributed by atoms with Gasteiger partial charge in [-0.2, -0.15) is 0 Å². The summed E-state index contributed by atoms with van der Waals surface area (Å²) in [5, 5.41) is 3.61. The van der Waals surface area contributed by atoms with Crippen molar-refractivity contribution in [3.63, 3.8) is 0 Å². The highest BCUT2D eigenvalue weighted by Gasteiger charge is 2.30. The van der Waals surface area contributed by atoms with Crippen molar-refractivity contribution in [1.82, 2.24) is 24.8 Å². The van der Waals surface area contributed by atoms with Gasteiger partial charge in [0.15, 0.2) is 0 Å². The number of fused-ring (bicyclic) bond motifs is 1. The Bertz CT molecular complexity index is 1670. The molecule has 0 radical (unpaired) electrons. The molecule has 0 unspecified atom stereocenters. The first-order valence-corrected chi connectivity index (χ1v) is 16.3. The van der Waals surface area contributed by atoms with E-state index < -0.39 is 10.0 Å². The van der Waals surface area contributed by atoms with Crippen molar-refractivity contribution < 1.29 is 13.2 Å². The van der Waals surface area contributed by atoms with Crippen LogP contribution in [-0.4, -0.2) is 58.5 Å². The molecule has 6 rings (SSSR count). The number of H-pyrrole nitrogens is 1. The number of piperidine rings is 1. The molecule has 9 nitrogen and oxygen atoms in total. The summed E-state index contributed by atoms with van der Waals surface area (Å²) in [7, 11) is -3.69. The second-order valence-corrected chi connectivity index (χ2v) is 14.1. The molecule has 208 valence electrons. The largest absolute Gasteiger partial charge is 0.460 e. The van der Waals surface area contributed by atoms with Crippen LogP contribution in [0.5, 0.6) is 6.01 Å². The van der Waals surface area contributed by atoms with Gasteiger partial charge < -0.3 is 9.72 Å². The highest BCUT2D eigenvalue weighted by atomic mass is 32.2. The van der Waals surface area contributed by atoms with E-state index in [4.69, 9.17) is 9.72 Å². The second-order valence-electron chi connectivity index (χ2n) is 10.0. The maximum atomic E-state index is 13.6. The minimum absolute atomic E-state index is 0.130. The van der Waals surface area contributed by atoms with E-state index in [2.05, 4.69) is 19.9 Å². The van der Waals surface area contributed by atoms with E-state index in [1.165, 1.54) is 20.5 Å². The number of nitrogens with one attached hydrogen (secondary N) is 1.